The number of thioether (sulfide) groups is 1. The molecular weight excluding hydrogens is 388 g/mol. The number of amides is 2. The second-order valence-electron chi connectivity index (χ2n) is 6.75. The van der Waals surface area contributed by atoms with Gasteiger partial charge in [-0.15, -0.1) is 11.8 Å². The zero-order valence-corrected chi connectivity index (χ0v) is 17.2. The lowest BCUT2D eigenvalue weighted by atomic mass is 10.2. The fourth-order valence-electron chi connectivity index (χ4n) is 2.99. The Kier molecular flexibility index (Phi) is 7.37. The number of para-hydroxylation sites is 1. The number of morpholine rings is 1. The van der Waals surface area contributed by atoms with E-state index < -0.39 is 6.04 Å². The minimum absolute atomic E-state index is 0.140. The molecule has 1 aliphatic rings. The van der Waals surface area contributed by atoms with Crippen LogP contribution in [0.3, 0.4) is 0 Å². The Morgan fingerprint density at radius 3 is 2.52 bits per heavy atom. The van der Waals surface area contributed by atoms with Crippen molar-refractivity contribution in [1.29, 1.82) is 0 Å². The van der Waals surface area contributed by atoms with Gasteiger partial charge in [0, 0.05) is 35.0 Å². The Morgan fingerprint density at radius 1 is 1.14 bits per heavy atom. The molecule has 154 valence electrons. The lowest BCUT2D eigenvalue weighted by Crippen LogP contribution is -2.36. The van der Waals surface area contributed by atoms with Crippen LogP contribution in [-0.4, -0.2) is 49.9 Å². The molecule has 0 aromatic heterocycles. The number of carbonyl (C=O) groups excluding carboxylic acids is 2. The fourth-order valence-corrected chi connectivity index (χ4v) is 3.74. The largest absolute Gasteiger partial charge is 0.378 e. The molecule has 0 radical (unpaired) electrons. The summed E-state index contributed by atoms with van der Waals surface area (Å²) in [5.41, 5.74) is 7.90. The first kappa shape index (κ1) is 21.0. The summed E-state index contributed by atoms with van der Waals surface area (Å²) in [6.45, 7) is 5.02. The van der Waals surface area contributed by atoms with Crippen molar-refractivity contribution in [2.75, 3.05) is 47.6 Å². The number of rotatable bonds is 8. The molecule has 0 unspecified atom stereocenters. The average molecular weight is 415 g/mol. The third-order valence-corrected chi connectivity index (χ3v) is 5.63. The Hall–Kier alpha value is -2.71. The lowest BCUT2D eigenvalue weighted by molar-refractivity contribution is -0.117. The maximum atomic E-state index is 12.6. The van der Waals surface area contributed by atoms with Gasteiger partial charge in [-0.3, -0.25) is 9.59 Å². The molecule has 0 spiro atoms. The van der Waals surface area contributed by atoms with Crippen molar-refractivity contribution in [2.45, 2.75) is 17.9 Å². The van der Waals surface area contributed by atoms with E-state index in [-0.39, 0.29) is 17.6 Å². The van der Waals surface area contributed by atoms with E-state index in [0.717, 1.165) is 48.3 Å². The minimum atomic E-state index is -0.454. The zero-order chi connectivity index (χ0) is 20.6. The van der Waals surface area contributed by atoms with E-state index in [1.165, 1.54) is 11.8 Å². The van der Waals surface area contributed by atoms with E-state index in [1.54, 1.807) is 6.92 Å². The van der Waals surface area contributed by atoms with Gasteiger partial charge in [0.1, 0.15) is 6.04 Å². The number of hydrogen-bond donors (Lipinski definition) is 3. The number of anilines is 3. The van der Waals surface area contributed by atoms with Crippen LogP contribution in [0.15, 0.2) is 53.4 Å². The van der Waals surface area contributed by atoms with Crippen molar-refractivity contribution in [3.05, 3.63) is 48.5 Å². The second-order valence-corrected chi connectivity index (χ2v) is 7.77. The third-order valence-electron chi connectivity index (χ3n) is 4.53. The summed E-state index contributed by atoms with van der Waals surface area (Å²) in [5, 5.41) is 6.15. The molecule has 1 saturated heterocycles. The molecule has 1 aliphatic heterocycles. The number of primary amides is 1. The van der Waals surface area contributed by atoms with Crippen molar-refractivity contribution in [1.82, 2.24) is 0 Å². The van der Waals surface area contributed by atoms with Crippen LogP contribution in [0.2, 0.25) is 0 Å². The molecule has 4 N–H and O–H groups in total. The SMILES string of the molecule is C[C@@H](Nc1ccccc1SCC(N)=O)C(=O)Nc1ccc(N2CCOCC2)cc1. The van der Waals surface area contributed by atoms with Gasteiger partial charge >= 0.3 is 0 Å². The van der Waals surface area contributed by atoms with Crippen LogP contribution in [0.25, 0.3) is 0 Å². The number of nitrogens with zero attached hydrogens (tertiary/aromatic N) is 1. The third kappa shape index (κ3) is 6.13. The molecule has 2 aromatic carbocycles. The fraction of sp³-hybridized carbons (Fsp3) is 0.333. The first-order chi connectivity index (χ1) is 14.0. The summed E-state index contributed by atoms with van der Waals surface area (Å²) < 4.78 is 5.38. The molecular formula is C21H26N4O3S. The van der Waals surface area contributed by atoms with Crippen LogP contribution in [0.5, 0.6) is 0 Å². The highest BCUT2D eigenvalue weighted by atomic mass is 32.2. The van der Waals surface area contributed by atoms with Gasteiger partial charge in [0.2, 0.25) is 11.8 Å². The molecule has 2 amide bonds. The van der Waals surface area contributed by atoms with Crippen LogP contribution >= 0.6 is 11.8 Å². The molecule has 2 aromatic rings. The maximum absolute atomic E-state index is 12.6. The zero-order valence-electron chi connectivity index (χ0n) is 16.4. The smallest absolute Gasteiger partial charge is 0.246 e. The summed E-state index contributed by atoms with van der Waals surface area (Å²) in [6.07, 6.45) is 0. The first-order valence-corrected chi connectivity index (χ1v) is 10.5. The van der Waals surface area contributed by atoms with Gasteiger partial charge in [0.15, 0.2) is 0 Å². The first-order valence-electron chi connectivity index (χ1n) is 9.53. The Bertz CT molecular complexity index is 838. The quantitative estimate of drug-likeness (QED) is 0.575. The Balaban J connectivity index is 1.57. The van der Waals surface area contributed by atoms with Crippen molar-refractivity contribution < 1.29 is 14.3 Å². The standard InChI is InChI=1S/C21H26N4O3S/c1-15(23-18-4-2-3-5-19(18)29-14-20(22)26)21(27)24-16-6-8-17(9-7-16)25-10-12-28-13-11-25/h2-9,15,23H,10-14H2,1H3,(H2,22,26)(H,24,27)/t15-/m1/s1. The summed E-state index contributed by atoms with van der Waals surface area (Å²) in [4.78, 5) is 26.8. The molecule has 29 heavy (non-hydrogen) atoms. The topological polar surface area (TPSA) is 96.7 Å². The molecule has 0 aliphatic carbocycles. The maximum Gasteiger partial charge on any atom is 0.246 e. The van der Waals surface area contributed by atoms with Gasteiger partial charge in [-0.1, -0.05) is 12.1 Å². The van der Waals surface area contributed by atoms with Crippen molar-refractivity contribution >= 4 is 40.6 Å². The number of hydrogen-bond acceptors (Lipinski definition) is 6. The van der Waals surface area contributed by atoms with Gasteiger partial charge < -0.3 is 26.0 Å². The molecule has 7 nitrogen and oxygen atoms in total. The van der Waals surface area contributed by atoms with E-state index >= 15 is 0 Å². The van der Waals surface area contributed by atoms with Crippen LogP contribution in [0.4, 0.5) is 17.1 Å². The van der Waals surface area contributed by atoms with Gasteiger partial charge in [-0.05, 0) is 43.3 Å². The van der Waals surface area contributed by atoms with Crippen LogP contribution < -0.4 is 21.3 Å². The number of benzene rings is 2. The number of carbonyl (C=O) groups is 2. The van der Waals surface area contributed by atoms with Crippen molar-refractivity contribution in [3.8, 4) is 0 Å². The summed E-state index contributed by atoms with van der Waals surface area (Å²) in [5.74, 6) is -0.329. The molecule has 3 rings (SSSR count). The minimum Gasteiger partial charge on any atom is -0.378 e. The normalized spacial score (nSPS) is 14.9. The number of nitrogens with two attached hydrogens (primary N) is 1. The van der Waals surface area contributed by atoms with Gasteiger partial charge in [-0.2, -0.15) is 0 Å². The molecule has 1 atom stereocenters. The van der Waals surface area contributed by atoms with Gasteiger partial charge in [0.25, 0.3) is 0 Å². The van der Waals surface area contributed by atoms with E-state index in [4.69, 9.17) is 10.5 Å². The second kappa shape index (κ2) is 10.2. The van der Waals surface area contributed by atoms with E-state index in [0.29, 0.717) is 0 Å². The number of ether oxygens (including phenoxy) is 1. The Labute approximate surface area is 175 Å². The predicted molar refractivity (Wildman–Crippen MR) is 118 cm³/mol. The molecule has 8 heteroatoms. The monoisotopic (exact) mass is 414 g/mol. The highest BCUT2D eigenvalue weighted by Gasteiger charge is 2.16. The molecule has 0 saturated carbocycles. The molecule has 1 fully saturated rings. The summed E-state index contributed by atoms with van der Waals surface area (Å²) in [6, 6.07) is 14.9. The lowest BCUT2D eigenvalue weighted by Gasteiger charge is -2.29. The average Bonchev–Trinajstić information content (AvgIpc) is 2.74. The van der Waals surface area contributed by atoms with Crippen molar-refractivity contribution in [3.63, 3.8) is 0 Å². The summed E-state index contributed by atoms with van der Waals surface area (Å²) >= 11 is 1.35. The van der Waals surface area contributed by atoms with E-state index in [9.17, 15) is 9.59 Å². The highest BCUT2D eigenvalue weighted by molar-refractivity contribution is 8.00. The van der Waals surface area contributed by atoms with Gasteiger partial charge in [-0.25, -0.2) is 0 Å². The number of nitrogens with one attached hydrogen (secondary N) is 2. The Morgan fingerprint density at radius 2 is 1.83 bits per heavy atom. The highest BCUT2D eigenvalue weighted by Crippen LogP contribution is 2.27. The predicted octanol–water partition coefficient (Wildman–Crippen LogP) is 2.54. The van der Waals surface area contributed by atoms with Crippen LogP contribution in [0.1, 0.15) is 6.92 Å². The molecule has 0 bridgehead atoms. The summed E-state index contributed by atoms with van der Waals surface area (Å²) in [7, 11) is 0. The van der Waals surface area contributed by atoms with Crippen molar-refractivity contribution in [2.24, 2.45) is 5.73 Å². The van der Waals surface area contributed by atoms with Crippen LogP contribution in [-0.2, 0) is 14.3 Å². The molecule has 1 heterocycles. The van der Waals surface area contributed by atoms with E-state index in [1.807, 2.05) is 48.5 Å². The van der Waals surface area contributed by atoms with Crippen LogP contribution in [0, 0.1) is 0 Å². The van der Waals surface area contributed by atoms with E-state index in [2.05, 4.69) is 15.5 Å². The van der Waals surface area contributed by atoms with Gasteiger partial charge in [0.05, 0.1) is 19.0 Å².